The summed E-state index contributed by atoms with van der Waals surface area (Å²) in [6.45, 7) is 0. The van der Waals surface area contributed by atoms with Gasteiger partial charge in [-0.25, -0.2) is 0 Å². The molecule has 1 aromatic carbocycles. The third-order valence-corrected chi connectivity index (χ3v) is 5.56. The van der Waals surface area contributed by atoms with Gasteiger partial charge in [0, 0.05) is 11.5 Å². The van der Waals surface area contributed by atoms with Crippen molar-refractivity contribution in [1.29, 1.82) is 5.41 Å². The quantitative estimate of drug-likeness (QED) is 0.326. The smallest absolute Gasteiger partial charge is 0.243 e. The van der Waals surface area contributed by atoms with Crippen molar-refractivity contribution in [3.05, 3.63) is 51.8 Å². The van der Waals surface area contributed by atoms with Gasteiger partial charge in [0.1, 0.15) is 5.69 Å². The van der Waals surface area contributed by atoms with E-state index in [2.05, 4.69) is 21.6 Å². The van der Waals surface area contributed by atoms with Crippen LogP contribution in [0.15, 0.2) is 35.1 Å². The van der Waals surface area contributed by atoms with E-state index in [4.69, 9.17) is 11.1 Å². The van der Waals surface area contributed by atoms with E-state index in [9.17, 15) is 9.59 Å². The molecule has 2 fully saturated rings. The Morgan fingerprint density at radius 2 is 2.07 bits per heavy atom. The van der Waals surface area contributed by atoms with Crippen molar-refractivity contribution in [3.8, 4) is 0 Å². The number of fused-ring (bicyclic) bond motifs is 1. The molecule has 0 bridgehead atoms. The molecule has 2 saturated carbocycles. The van der Waals surface area contributed by atoms with Gasteiger partial charge in [-0.3, -0.25) is 14.3 Å². The number of nitrogen functional groups attached to an aromatic ring is 1. The minimum atomic E-state index is -0.398. The Hall–Kier alpha value is -3.62. The Labute approximate surface area is 172 Å². The normalized spacial score (nSPS) is 15.9. The van der Waals surface area contributed by atoms with Crippen LogP contribution in [-0.4, -0.2) is 27.1 Å². The molecular formula is C21H22N7O2+. The lowest BCUT2D eigenvalue weighted by atomic mass is 10.1. The predicted octanol–water partition coefficient (Wildman–Crippen LogP) is 1.51. The number of benzene rings is 1. The Kier molecular flexibility index (Phi) is 4.30. The molecule has 5 rings (SSSR count). The van der Waals surface area contributed by atoms with Crippen molar-refractivity contribution in [1.82, 2.24) is 14.9 Å². The van der Waals surface area contributed by atoms with E-state index in [1.54, 1.807) is 12.1 Å². The van der Waals surface area contributed by atoms with Crippen LogP contribution >= 0.6 is 0 Å². The van der Waals surface area contributed by atoms with E-state index in [1.807, 2.05) is 16.8 Å². The molecule has 0 saturated heterocycles. The van der Waals surface area contributed by atoms with Crippen LogP contribution in [0.4, 0.5) is 11.6 Å². The number of nitrogens with one attached hydrogen (secondary N) is 2. The average Bonchev–Trinajstić information content (AvgIpc) is 3.63. The van der Waals surface area contributed by atoms with Crippen LogP contribution in [0.25, 0.3) is 10.9 Å². The Balaban J connectivity index is 1.46. The zero-order chi connectivity index (χ0) is 20.8. The topological polar surface area (TPSA) is 131 Å². The third-order valence-electron chi connectivity index (χ3n) is 5.56. The van der Waals surface area contributed by atoms with Crippen molar-refractivity contribution in [2.45, 2.75) is 44.1 Å². The molecule has 3 aromatic rings. The number of carbonyl (C=O) groups excluding carboxylic acids is 1. The summed E-state index contributed by atoms with van der Waals surface area (Å²) < 4.78 is 3.07. The monoisotopic (exact) mass is 404 g/mol. The summed E-state index contributed by atoms with van der Waals surface area (Å²) in [6.07, 6.45) is 5.25. The van der Waals surface area contributed by atoms with E-state index >= 15 is 0 Å². The summed E-state index contributed by atoms with van der Waals surface area (Å²) in [5.41, 5.74) is 7.83. The maximum atomic E-state index is 13.0. The molecule has 0 aliphatic heterocycles. The Morgan fingerprint density at radius 3 is 2.77 bits per heavy atom. The first-order valence-electron chi connectivity index (χ1n) is 10.1. The average molecular weight is 404 g/mol. The van der Waals surface area contributed by atoms with Crippen molar-refractivity contribution >= 4 is 34.8 Å². The Bertz CT molecular complexity index is 1240. The standard InChI is InChI=1S/C21H21N7O2/c22-11-27-18(23)7-8-19(26-27)24-20(29)10-16-21(30)15-6-3-13(12-1-2-12)9-17(15)28(25-16)14-4-5-14/h3,6-9,11-12,14,22-23H,1-2,4-5,10H2,(H,24,26,29)/p+1. The lowest BCUT2D eigenvalue weighted by molar-refractivity contribution is -0.597. The fourth-order valence-electron chi connectivity index (χ4n) is 3.66. The van der Waals surface area contributed by atoms with Crippen LogP contribution in [0.1, 0.15) is 48.9 Å². The number of hydrogen-bond donors (Lipinski definition) is 3. The summed E-state index contributed by atoms with van der Waals surface area (Å²) in [5.74, 6) is 0.718. The molecule has 0 spiro atoms. The second-order valence-corrected chi connectivity index (χ2v) is 7.94. The molecule has 2 aliphatic carbocycles. The maximum absolute atomic E-state index is 13.0. The number of carbonyl (C=O) groups is 1. The van der Waals surface area contributed by atoms with Crippen molar-refractivity contribution in [2.75, 3.05) is 11.1 Å². The van der Waals surface area contributed by atoms with Gasteiger partial charge < -0.3 is 11.1 Å². The van der Waals surface area contributed by atoms with Crippen LogP contribution in [0.2, 0.25) is 0 Å². The predicted molar refractivity (Wildman–Crippen MR) is 112 cm³/mol. The van der Waals surface area contributed by atoms with Crippen molar-refractivity contribution in [3.63, 3.8) is 0 Å². The van der Waals surface area contributed by atoms with Gasteiger partial charge in [0.2, 0.25) is 23.5 Å². The highest BCUT2D eigenvalue weighted by molar-refractivity contribution is 5.91. The van der Waals surface area contributed by atoms with E-state index in [0.29, 0.717) is 11.3 Å². The summed E-state index contributed by atoms with van der Waals surface area (Å²) in [5, 5.41) is 19.2. The number of nitrogens with zero attached hydrogens (tertiary/aromatic N) is 4. The van der Waals surface area contributed by atoms with Crippen LogP contribution < -0.4 is 21.2 Å². The molecule has 0 radical (unpaired) electrons. The molecule has 2 aromatic heterocycles. The highest BCUT2D eigenvalue weighted by Gasteiger charge is 2.29. The SMILES string of the molecule is N=C[n+]1nc(NC(=O)Cc2nn(C3CC3)c3cc(C4CC4)ccc3c2=O)ccc1N. The van der Waals surface area contributed by atoms with Crippen molar-refractivity contribution in [2.24, 2.45) is 0 Å². The minimum absolute atomic E-state index is 0.150. The van der Waals surface area contributed by atoms with Crippen LogP contribution in [0, 0.1) is 5.41 Å². The van der Waals surface area contributed by atoms with Gasteiger partial charge in [0.15, 0.2) is 5.82 Å². The van der Waals surface area contributed by atoms with Gasteiger partial charge >= 0.3 is 0 Å². The molecule has 4 N–H and O–H groups in total. The maximum Gasteiger partial charge on any atom is 0.243 e. The van der Waals surface area contributed by atoms with E-state index in [0.717, 1.165) is 29.4 Å². The number of amides is 1. The van der Waals surface area contributed by atoms with Crippen LogP contribution in [-0.2, 0) is 11.2 Å². The van der Waals surface area contributed by atoms with Crippen LogP contribution in [0.3, 0.4) is 0 Å². The first-order chi connectivity index (χ1) is 14.5. The highest BCUT2D eigenvalue weighted by atomic mass is 16.2. The van der Waals surface area contributed by atoms with Gasteiger partial charge in [0.25, 0.3) is 0 Å². The van der Waals surface area contributed by atoms with Crippen molar-refractivity contribution < 1.29 is 9.48 Å². The largest absolute Gasteiger partial charge is 0.317 e. The second kappa shape index (κ2) is 7.01. The number of rotatable bonds is 6. The van der Waals surface area contributed by atoms with Gasteiger partial charge in [-0.05, 0) is 55.4 Å². The summed E-state index contributed by atoms with van der Waals surface area (Å²) in [6, 6.07) is 9.37. The fraction of sp³-hybridized carbons (Fsp3) is 0.333. The molecule has 2 heterocycles. The molecule has 152 valence electrons. The molecule has 1 amide bonds. The first-order valence-corrected chi connectivity index (χ1v) is 10.1. The van der Waals surface area contributed by atoms with E-state index in [1.165, 1.54) is 18.4 Å². The number of nitrogens with two attached hydrogens (primary N) is 1. The lowest BCUT2D eigenvalue weighted by Gasteiger charge is -2.12. The Morgan fingerprint density at radius 1 is 1.27 bits per heavy atom. The number of anilines is 2. The number of aromatic nitrogens is 4. The summed E-state index contributed by atoms with van der Waals surface area (Å²) in [7, 11) is 0. The third kappa shape index (κ3) is 3.42. The highest BCUT2D eigenvalue weighted by Crippen LogP contribution is 2.42. The molecule has 0 atom stereocenters. The molecule has 9 heteroatoms. The lowest BCUT2D eigenvalue weighted by Crippen LogP contribution is -2.41. The zero-order valence-electron chi connectivity index (χ0n) is 16.3. The first kappa shape index (κ1) is 18.4. The molecule has 0 unspecified atom stereocenters. The molecule has 30 heavy (non-hydrogen) atoms. The molecule has 9 nitrogen and oxygen atoms in total. The van der Waals surface area contributed by atoms with E-state index in [-0.39, 0.29) is 35.2 Å². The molecule has 2 aliphatic rings. The van der Waals surface area contributed by atoms with E-state index < -0.39 is 5.91 Å². The summed E-state index contributed by atoms with van der Waals surface area (Å²) in [4.78, 5) is 25.6. The minimum Gasteiger partial charge on any atom is -0.317 e. The van der Waals surface area contributed by atoms with Gasteiger partial charge in [-0.1, -0.05) is 11.2 Å². The second-order valence-electron chi connectivity index (χ2n) is 7.94. The molecular weight excluding hydrogens is 382 g/mol. The fourth-order valence-corrected chi connectivity index (χ4v) is 3.66. The van der Waals surface area contributed by atoms with Gasteiger partial charge in [0.05, 0.1) is 18.0 Å². The van der Waals surface area contributed by atoms with Crippen LogP contribution in [0.5, 0.6) is 0 Å². The summed E-state index contributed by atoms with van der Waals surface area (Å²) >= 11 is 0. The zero-order valence-corrected chi connectivity index (χ0v) is 16.3. The number of hydrogen-bond acceptors (Lipinski definition) is 6. The van der Waals surface area contributed by atoms with Gasteiger partial charge in [-0.2, -0.15) is 10.5 Å². The van der Waals surface area contributed by atoms with Gasteiger partial charge in [-0.15, -0.1) is 4.68 Å².